The largest absolute Gasteiger partial charge is 0.364 e. The molecule has 5 heteroatoms. The van der Waals surface area contributed by atoms with Crippen LogP contribution in [-0.2, 0) is 26.3 Å². The molecule has 1 unspecified atom stereocenters. The van der Waals surface area contributed by atoms with Crippen LogP contribution >= 0.6 is 0 Å². The van der Waals surface area contributed by atoms with E-state index in [4.69, 9.17) is 4.74 Å². The Morgan fingerprint density at radius 1 is 1.10 bits per heavy atom. The van der Waals surface area contributed by atoms with E-state index >= 15 is 0 Å². The topological polar surface area (TPSA) is 49.9 Å². The van der Waals surface area contributed by atoms with Crippen LogP contribution in [0.25, 0.3) is 0 Å². The van der Waals surface area contributed by atoms with Gasteiger partial charge >= 0.3 is 0 Å². The molecule has 0 N–H and O–H groups in total. The van der Waals surface area contributed by atoms with E-state index in [1.54, 1.807) is 12.0 Å². The van der Waals surface area contributed by atoms with Crippen LogP contribution < -0.4 is 4.90 Å². The van der Waals surface area contributed by atoms with Gasteiger partial charge in [-0.2, -0.15) is 0 Å². The smallest absolute Gasteiger partial charge is 0.243 e. The van der Waals surface area contributed by atoms with E-state index in [0.717, 1.165) is 22.4 Å². The quantitative estimate of drug-likeness (QED) is 0.739. The number of hydrogen-bond donors (Lipinski definition) is 0. The number of carbonyl (C=O) groups is 2. The minimum absolute atomic E-state index is 0.00531. The van der Waals surface area contributed by atoms with Gasteiger partial charge < -0.3 is 9.64 Å². The highest BCUT2D eigenvalue weighted by molar-refractivity contribution is 6.10. The van der Waals surface area contributed by atoms with Crippen molar-refractivity contribution in [3.8, 4) is 0 Å². The number of fused-ring (bicyclic) bond motifs is 4. The average molecular weight is 400 g/mol. The summed E-state index contributed by atoms with van der Waals surface area (Å²) < 4.78 is 5.32. The number of amides is 2. The van der Waals surface area contributed by atoms with Crippen molar-refractivity contribution in [2.24, 2.45) is 5.92 Å². The van der Waals surface area contributed by atoms with Crippen LogP contribution in [0.1, 0.15) is 17.5 Å². The second kappa shape index (κ2) is 6.96. The standard InChI is InChI=1S/C25H24N2O3/c1-17-19-12-13-25(20-10-6-7-11-21(20)27(16-30-2)24(25)29)14-22(17)26(23(19)28)15-18-8-4-3-5-9-18/h3-13,19,22H,1,14-16H2,2H3/t19-,22+,25?/m0/s1. The minimum atomic E-state index is -0.812. The normalized spacial score (nSPS) is 27.2. The number of methoxy groups -OCH3 is 1. The van der Waals surface area contributed by atoms with Crippen molar-refractivity contribution in [2.75, 3.05) is 18.7 Å². The summed E-state index contributed by atoms with van der Waals surface area (Å²) in [6.45, 7) is 4.99. The third kappa shape index (κ3) is 2.58. The van der Waals surface area contributed by atoms with Crippen molar-refractivity contribution in [2.45, 2.75) is 24.4 Å². The van der Waals surface area contributed by atoms with E-state index in [1.165, 1.54) is 0 Å². The Morgan fingerprint density at radius 2 is 1.83 bits per heavy atom. The van der Waals surface area contributed by atoms with Gasteiger partial charge in [-0.1, -0.05) is 67.3 Å². The molecular weight excluding hydrogens is 376 g/mol. The zero-order chi connectivity index (χ0) is 20.9. The fourth-order valence-electron chi connectivity index (χ4n) is 5.11. The second-order valence-electron chi connectivity index (χ2n) is 8.22. The first-order valence-corrected chi connectivity index (χ1v) is 10.2. The monoisotopic (exact) mass is 400 g/mol. The molecule has 0 radical (unpaired) electrons. The third-order valence-corrected chi connectivity index (χ3v) is 6.60. The Morgan fingerprint density at radius 3 is 2.60 bits per heavy atom. The maximum Gasteiger partial charge on any atom is 0.243 e. The van der Waals surface area contributed by atoms with Gasteiger partial charge in [-0.3, -0.25) is 14.5 Å². The number of hydrogen-bond acceptors (Lipinski definition) is 3. The number of ether oxygens (including phenoxy) is 1. The first kappa shape index (κ1) is 18.8. The van der Waals surface area contributed by atoms with E-state index in [0.29, 0.717) is 13.0 Å². The van der Waals surface area contributed by atoms with Crippen LogP contribution in [-0.4, -0.2) is 36.6 Å². The summed E-state index contributed by atoms with van der Waals surface area (Å²) in [5, 5.41) is 0. The first-order valence-electron chi connectivity index (χ1n) is 10.2. The molecule has 2 aliphatic heterocycles. The van der Waals surface area contributed by atoms with Crippen molar-refractivity contribution < 1.29 is 14.3 Å². The Kier molecular flexibility index (Phi) is 4.36. The lowest BCUT2D eigenvalue weighted by Crippen LogP contribution is -2.45. The molecule has 1 fully saturated rings. The average Bonchev–Trinajstić information content (AvgIpc) is 3.03. The van der Waals surface area contributed by atoms with Crippen molar-refractivity contribution in [1.82, 2.24) is 4.90 Å². The van der Waals surface area contributed by atoms with Crippen LogP contribution in [0.15, 0.2) is 78.9 Å². The van der Waals surface area contributed by atoms with Crippen LogP contribution in [0.4, 0.5) is 5.69 Å². The lowest BCUT2D eigenvalue weighted by molar-refractivity contribution is -0.133. The highest BCUT2D eigenvalue weighted by Crippen LogP contribution is 2.51. The molecule has 1 aliphatic carbocycles. The van der Waals surface area contributed by atoms with Gasteiger partial charge in [0.2, 0.25) is 11.8 Å². The molecule has 2 aromatic rings. The summed E-state index contributed by atoms with van der Waals surface area (Å²) in [5.74, 6) is -0.323. The maximum absolute atomic E-state index is 13.7. The van der Waals surface area contributed by atoms with Gasteiger partial charge in [0.25, 0.3) is 0 Å². The number of benzene rings is 2. The summed E-state index contributed by atoms with van der Waals surface area (Å²) in [7, 11) is 1.59. The summed E-state index contributed by atoms with van der Waals surface area (Å²) in [4.78, 5) is 30.4. The van der Waals surface area contributed by atoms with Crippen LogP contribution in [0.3, 0.4) is 0 Å². The molecule has 0 saturated carbocycles. The molecule has 30 heavy (non-hydrogen) atoms. The lowest BCUT2D eigenvalue weighted by atomic mass is 9.76. The highest BCUT2D eigenvalue weighted by atomic mass is 16.5. The zero-order valence-electron chi connectivity index (χ0n) is 17.0. The Hall–Kier alpha value is -3.18. The van der Waals surface area contributed by atoms with E-state index in [1.807, 2.05) is 71.6 Å². The number of nitrogens with zero attached hydrogens (tertiary/aromatic N) is 2. The van der Waals surface area contributed by atoms with E-state index in [9.17, 15) is 9.59 Å². The predicted molar refractivity (Wildman–Crippen MR) is 115 cm³/mol. The van der Waals surface area contributed by atoms with E-state index in [-0.39, 0.29) is 30.5 Å². The maximum atomic E-state index is 13.7. The second-order valence-corrected chi connectivity index (χ2v) is 8.22. The highest BCUT2D eigenvalue weighted by Gasteiger charge is 2.55. The SMILES string of the molecule is C=C1[C@@H]2C=CC3(C[C@H]1N(Cc1ccccc1)C2=O)C(=O)N(COC)c1ccccc13. The fraction of sp³-hybridized carbons (Fsp3) is 0.280. The molecule has 2 bridgehead atoms. The molecular formula is C25H24N2O3. The number of para-hydroxylation sites is 1. The number of anilines is 1. The molecule has 5 nitrogen and oxygen atoms in total. The van der Waals surface area contributed by atoms with Crippen LogP contribution in [0, 0.1) is 5.92 Å². The summed E-state index contributed by atoms with van der Waals surface area (Å²) in [5.41, 5.74) is 2.98. The molecule has 2 amide bonds. The number of likely N-dealkylation sites (tertiary alicyclic amines) is 1. The third-order valence-electron chi connectivity index (χ3n) is 6.60. The summed E-state index contributed by atoms with van der Waals surface area (Å²) in [6.07, 6.45) is 4.32. The minimum Gasteiger partial charge on any atom is -0.364 e. The molecule has 152 valence electrons. The molecule has 3 aliphatic rings. The zero-order valence-corrected chi connectivity index (χ0v) is 17.0. The van der Waals surface area contributed by atoms with Gasteiger partial charge in [0.05, 0.1) is 23.1 Å². The summed E-state index contributed by atoms with van der Waals surface area (Å²) in [6, 6.07) is 17.6. The van der Waals surface area contributed by atoms with Gasteiger partial charge in [-0.25, -0.2) is 0 Å². The summed E-state index contributed by atoms with van der Waals surface area (Å²) >= 11 is 0. The van der Waals surface area contributed by atoms with Gasteiger partial charge in [-0.05, 0) is 29.2 Å². The van der Waals surface area contributed by atoms with E-state index < -0.39 is 5.41 Å². The molecule has 5 rings (SSSR count). The molecule has 0 aromatic heterocycles. The number of rotatable bonds is 4. The van der Waals surface area contributed by atoms with Crippen molar-refractivity contribution in [3.63, 3.8) is 0 Å². The van der Waals surface area contributed by atoms with Crippen molar-refractivity contribution in [1.29, 1.82) is 0 Å². The molecule has 3 atom stereocenters. The van der Waals surface area contributed by atoms with Gasteiger partial charge in [0, 0.05) is 13.7 Å². The van der Waals surface area contributed by atoms with Gasteiger partial charge in [0.1, 0.15) is 6.73 Å². The molecule has 2 aromatic carbocycles. The molecule has 1 spiro atoms. The van der Waals surface area contributed by atoms with Crippen LogP contribution in [0.5, 0.6) is 0 Å². The fourth-order valence-corrected chi connectivity index (χ4v) is 5.11. The van der Waals surface area contributed by atoms with Crippen LogP contribution in [0.2, 0.25) is 0 Å². The number of carbonyl (C=O) groups excluding carboxylic acids is 2. The van der Waals surface area contributed by atoms with Crippen molar-refractivity contribution >= 4 is 17.5 Å². The Labute approximate surface area is 176 Å². The van der Waals surface area contributed by atoms with E-state index in [2.05, 4.69) is 6.58 Å². The Balaban J connectivity index is 1.58. The Bertz CT molecular complexity index is 1060. The first-order chi connectivity index (χ1) is 14.6. The predicted octanol–water partition coefficient (Wildman–Crippen LogP) is 3.42. The van der Waals surface area contributed by atoms with Gasteiger partial charge in [0.15, 0.2) is 0 Å². The molecule has 1 saturated heterocycles. The van der Waals surface area contributed by atoms with Crippen molar-refractivity contribution in [3.05, 3.63) is 90.0 Å². The van der Waals surface area contributed by atoms with Gasteiger partial charge in [-0.15, -0.1) is 0 Å². The molecule has 2 heterocycles. The lowest BCUT2D eigenvalue weighted by Gasteiger charge is -2.33.